The lowest BCUT2D eigenvalue weighted by atomic mass is 10.2. The van der Waals surface area contributed by atoms with E-state index >= 15 is 0 Å². The molecule has 0 atom stereocenters. The highest BCUT2D eigenvalue weighted by atomic mass is 79.9. The van der Waals surface area contributed by atoms with E-state index in [2.05, 4.69) is 26.3 Å². The Kier molecular flexibility index (Phi) is 4.57. The molecule has 1 N–H and O–H groups in total. The molecule has 0 fully saturated rings. The third-order valence-electron chi connectivity index (χ3n) is 3.47. The molecule has 2 aromatic carbocycles. The number of carbonyl (C=O) groups excluding carboxylic acids is 1. The monoisotopic (exact) mass is 383 g/mol. The Hall–Kier alpha value is -2.73. The number of anilines is 1. The summed E-state index contributed by atoms with van der Waals surface area (Å²) in [6.45, 7) is 1.90. The number of rotatable bonds is 3. The number of benzene rings is 2. The first kappa shape index (κ1) is 16.1. The van der Waals surface area contributed by atoms with Gasteiger partial charge in [0.25, 0.3) is 11.5 Å². The van der Waals surface area contributed by atoms with E-state index in [1.54, 1.807) is 24.3 Å². The van der Waals surface area contributed by atoms with Gasteiger partial charge in [0, 0.05) is 16.2 Å². The molecule has 120 valence electrons. The van der Waals surface area contributed by atoms with Crippen molar-refractivity contribution in [1.82, 2.24) is 9.78 Å². The quantitative estimate of drug-likeness (QED) is 0.751. The summed E-state index contributed by atoms with van der Waals surface area (Å²) in [6.07, 6.45) is 0. The summed E-state index contributed by atoms with van der Waals surface area (Å²) < 4.78 is 2.15. The third kappa shape index (κ3) is 3.44. The van der Waals surface area contributed by atoms with E-state index in [1.807, 2.05) is 31.2 Å². The highest BCUT2D eigenvalue weighted by molar-refractivity contribution is 9.10. The van der Waals surface area contributed by atoms with Gasteiger partial charge in [0.15, 0.2) is 0 Å². The standard InChI is InChI=1S/C18H14BrN3O2/c1-12-11-13(19)7-8-15(12)20-18(24)16-9-10-17(23)22(21-16)14-5-3-2-4-6-14/h2-11H,1H3,(H,20,24). The lowest BCUT2D eigenvalue weighted by Crippen LogP contribution is -2.25. The molecular formula is C18H14BrN3O2. The Bertz CT molecular complexity index is 952. The van der Waals surface area contributed by atoms with Crippen molar-refractivity contribution < 1.29 is 4.79 Å². The minimum absolute atomic E-state index is 0.167. The van der Waals surface area contributed by atoms with Crippen molar-refractivity contribution in [3.05, 3.63) is 86.7 Å². The maximum absolute atomic E-state index is 12.4. The fraction of sp³-hybridized carbons (Fsp3) is 0.0556. The Labute approximate surface area is 147 Å². The Morgan fingerprint density at radius 1 is 1.08 bits per heavy atom. The van der Waals surface area contributed by atoms with Crippen molar-refractivity contribution in [2.24, 2.45) is 0 Å². The molecule has 1 aromatic heterocycles. The van der Waals surface area contributed by atoms with Crippen LogP contribution in [-0.4, -0.2) is 15.7 Å². The summed E-state index contributed by atoms with van der Waals surface area (Å²) in [5.41, 5.74) is 2.10. The zero-order valence-corrected chi connectivity index (χ0v) is 14.4. The molecule has 3 aromatic rings. The van der Waals surface area contributed by atoms with Crippen LogP contribution in [0.3, 0.4) is 0 Å². The van der Waals surface area contributed by atoms with Gasteiger partial charge in [0.1, 0.15) is 5.69 Å². The maximum Gasteiger partial charge on any atom is 0.276 e. The van der Waals surface area contributed by atoms with Crippen molar-refractivity contribution in [2.75, 3.05) is 5.32 Å². The number of nitrogens with one attached hydrogen (secondary N) is 1. The topological polar surface area (TPSA) is 64.0 Å². The van der Waals surface area contributed by atoms with Gasteiger partial charge in [-0.1, -0.05) is 34.1 Å². The van der Waals surface area contributed by atoms with Gasteiger partial charge in [-0.25, -0.2) is 0 Å². The molecule has 0 saturated carbocycles. The first-order valence-corrected chi connectivity index (χ1v) is 8.07. The summed E-state index contributed by atoms with van der Waals surface area (Å²) in [5.74, 6) is -0.370. The van der Waals surface area contributed by atoms with Gasteiger partial charge in [-0.3, -0.25) is 9.59 Å². The number of halogens is 1. The van der Waals surface area contributed by atoms with Crippen LogP contribution in [0.15, 0.2) is 69.9 Å². The van der Waals surface area contributed by atoms with Crippen molar-refractivity contribution >= 4 is 27.5 Å². The van der Waals surface area contributed by atoms with Crippen molar-refractivity contribution in [2.45, 2.75) is 6.92 Å². The molecule has 0 radical (unpaired) electrons. The molecule has 0 aliphatic carbocycles. The van der Waals surface area contributed by atoms with Gasteiger partial charge in [-0.15, -0.1) is 0 Å². The van der Waals surface area contributed by atoms with Crippen LogP contribution in [0, 0.1) is 6.92 Å². The number of aryl methyl sites for hydroxylation is 1. The fourth-order valence-corrected chi connectivity index (χ4v) is 2.72. The summed E-state index contributed by atoms with van der Waals surface area (Å²) in [5, 5.41) is 6.98. The van der Waals surface area contributed by atoms with E-state index in [-0.39, 0.29) is 17.2 Å². The Morgan fingerprint density at radius 2 is 1.83 bits per heavy atom. The van der Waals surface area contributed by atoms with Crippen LogP contribution < -0.4 is 10.9 Å². The molecular weight excluding hydrogens is 370 g/mol. The second kappa shape index (κ2) is 6.80. The van der Waals surface area contributed by atoms with Crippen LogP contribution in [-0.2, 0) is 0 Å². The summed E-state index contributed by atoms with van der Waals surface area (Å²) in [4.78, 5) is 24.5. The van der Waals surface area contributed by atoms with E-state index in [9.17, 15) is 9.59 Å². The Balaban J connectivity index is 1.92. The van der Waals surface area contributed by atoms with Crippen LogP contribution in [0.2, 0.25) is 0 Å². The molecule has 3 rings (SSSR count). The zero-order chi connectivity index (χ0) is 17.1. The minimum atomic E-state index is -0.370. The van der Waals surface area contributed by atoms with E-state index in [4.69, 9.17) is 0 Å². The number of nitrogens with zero attached hydrogens (tertiary/aromatic N) is 2. The molecule has 0 unspecified atom stereocenters. The third-order valence-corrected chi connectivity index (χ3v) is 3.96. The molecule has 1 amide bonds. The smallest absolute Gasteiger partial charge is 0.276 e. The van der Waals surface area contributed by atoms with Gasteiger partial charge >= 0.3 is 0 Å². The summed E-state index contributed by atoms with van der Waals surface area (Å²) >= 11 is 3.39. The van der Waals surface area contributed by atoms with E-state index in [1.165, 1.54) is 16.8 Å². The summed E-state index contributed by atoms with van der Waals surface area (Å²) in [7, 11) is 0. The first-order valence-electron chi connectivity index (χ1n) is 7.28. The first-order chi connectivity index (χ1) is 11.5. The normalized spacial score (nSPS) is 10.4. The molecule has 0 aliphatic heterocycles. The van der Waals surface area contributed by atoms with Gasteiger partial charge in [-0.05, 0) is 48.9 Å². The molecule has 0 bridgehead atoms. The van der Waals surface area contributed by atoms with Crippen molar-refractivity contribution in [3.63, 3.8) is 0 Å². The van der Waals surface area contributed by atoms with Crippen molar-refractivity contribution in [3.8, 4) is 5.69 Å². The highest BCUT2D eigenvalue weighted by Gasteiger charge is 2.12. The predicted octanol–water partition coefficient (Wildman–Crippen LogP) is 3.56. The maximum atomic E-state index is 12.4. The highest BCUT2D eigenvalue weighted by Crippen LogP contribution is 2.20. The van der Waals surface area contributed by atoms with Crippen LogP contribution in [0.5, 0.6) is 0 Å². The van der Waals surface area contributed by atoms with Gasteiger partial charge in [0.05, 0.1) is 5.69 Å². The predicted molar refractivity (Wildman–Crippen MR) is 96.7 cm³/mol. The molecule has 5 nitrogen and oxygen atoms in total. The molecule has 6 heteroatoms. The zero-order valence-electron chi connectivity index (χ0n) is 12.9. The van der Waals surface area contributed by atoms with Gasteiger partial charge in [0.2, 0.25) is 0 Å². The largest absolute Gasteiger partial charge is 0.320 e. The minimum Gasteiger partial charge on any atom is -0.320 e. The SMILES string of the molecule is Cc1cc(Br)ccc1NC(=O)c1ccc(=O)n(-c2ccccc2)n1. The fourth-order valence-electron chi connectivity index (χ4n) is 2.24. The molecule has 0 saturated heterocycles. The lowest BCUT2D eigenvalue weighted by Gasteiger charge is -2.10. The number of carbonyl (C=O) groups is 1. The molecule has 0 aliphatic rings. The van der Waals surface area contributed by atoms with E-state index in [0.717, 1.165) is 10.0 Å². The Morgan fingerprint density at radius 3 is 2.54 bits per heavy atom. The summed E-state index contributed by atoms with van der Waals surface area (Å²) in [6, 6.07) is 17.3. The van der Waals surface area contributed by atoms with Crippen LogP contribution in [0.1, 0.15) is 16.1 Å². The molecule has 0 spiro atoms. The number of hydrogen-bond acceptors (Lipinski definition) is 3. The van der Waals surface area contributed by atoms with Crippen LogP contribution in [0.4, 0.5) is 5.69 Å². The van der Waals surface area contributed by atoms with Crippen molar-refractivity contribution in [1.29, 1.82) is 0 Å². The number of aromatic nitrogens is 2. The number of hydrogen-bond donors (Lipinski definition) is 1. The van der Waals surface area contributed by atoms with Gasteiger partial charge in [-0.2, -0.15) is 9.78 Å². The van der Waals surface area contributed by atoms with E-state index in [0.29, 0.717) is 11.4 Å². The average Bonchev–Trinajstić information content (AvgIpc) is 2.58. The number of amides is 1. The van der Waals surface area contributed by atoms with Gasteiger partial charge < -0.3 is 5.32 Å². The molecule has 24 heavy (non-hydrogen) atoms. The van der Waals surface area contributed by atoms with Crippen LogP contribution >= 0.6 is 15.9 Å². The molecule has 1 heterocycles. The second-order valence-electron chi connectivity index (χ2n) is 5.22. The number of para-hydroxylation sites is 1. The van der Waals surface area contributed by atoms with E-state index < -0.39 is 0 Å². The second-order valence-corrected chi connectivity index (χ2v) is 6.13. The lowest BCUT2D eigenvalue weighted by molar-refractivity contribution is 0.102. The average molecular weight is 384 g/mol. The van der Waals surface area contributed by atoms with Crippen LogP contribution in [0.25, 0.3) is 5.69 Å².